The van der Waals surface area contributed by atoms with Gasteiger partial charge in [-0.05, 0) is 30.9 Å². The van der Waals surface area contributed by atoms with Crippen molar-refractivity contribution < 1.29 is 0 Å². The molecule has 0 radical (unpaired) electrons. The molecule has 1 rings (SSSR count). The van der Waals surface area contributed by atoms with E-state index in [1.807, 2.05) is 6.20 Å². The molecule has 1 N–H and O–H groups in total. The van der Waals surface area contributed by atoms with Crippen LogP contribution in [0.1, 0.15) is 58.8 Å². The van der Waals surface area contributed by atoms with E-state index in [-0.39, 0.29) is 0 Å². The number of nitrogens with one attached hydrogen (secondary N) is 1. The van der Waals surface area contributed by atoms with Crippen molar-refractivity contribution in [3.63, 3.8) is 0 Å². The summed E-state index contributed by atoms with van der Waals surface area (Å²) in [5.74, 6) is 0.698. The minimum absolute atomic E-state index is 0.698. The standard InChI is InChI=1S/C16H27N/c1-3-5-6-7-9-12-15(4-2)16-13-10-8-11-14-17-16/h8,10-11,13-15,17H,3-7,9,12H2,1-2H3. The normalized spacial score (nSPS) is 16.2. The van der Waals surface area contributed by atoms with Crippen molar-refractivity contribution in [2.24, 2.45) is 5.92 Å². The predicted molar refractivity (Wildman–Crippen MR) is 76.7 cm³/mol. The van der Waals surface area contributed by atoms with E-state index in [2.05, 4.69) is 43.5 Å². The molecule has 0 spiro atoms. The van der Waals surface area contributed by atoms with Gasteiger partial charge in [-0.1, -0.05) is 58.1 Å². The average Bonchev–Trinajstić information content (AvgIpc) is 2.63. The minimum atomic E-state index is 0.698. The molecule has 1 unspecified atom stereocenters. The number of rotatable bonds is 8. The quantitative estimate of drug-likeness (QED) is 0.586. The Morgan fingerprint density at radius 2 is 1.82 bits per heavy atom. The number of hydrogen-bond acceptors (Lipinski definition) is 1. The average molecular weight is 233 g/mol. The van der Waals surface area contributed by atoms with Gasteiger partial charge in [0.2, 0.25) is 0 Å². The molecule has 1 nitrogen and oxygen atoms in total. The second-order valence-electron chi connectivity index (χ2n) is 4.82. The van der Waals surface area contributed by atoms with Gasteiger partial charge in [0.1, 0.15) is 0 Å². The van der Waals surface area contributed by atoms with Gasteiger partial charge in [-0.3, -0.25) is 0 Å². The van der Waals surface area contributed by atoms with Crippen LogP contribution in [-0.2, 0) is 0 Å². The van der Waals surface area contributed by atoms with E-state index in [0.717, 1.165) is 0 Å². The lowest BCUT2D eigenvalue weighted by Gasteiger charge is -2.18. The molecule has 0 saturated heterocycles. The predicted octanol–water partition coefficient (Wildman–Crippen LogP) is 4.93. The molecule has 17 heavy (non-hydrogen) atoms. The molecule has 1 atom stereocenters. The van der Waals surface area contributed by atoms with Crippen LogP contribution in [0.15, 0.2) is 36.2 Å². The summed E-state index contributed by atoms with van der Waals surface area (Å²) in [4.78, 5) is 0. The molecule has 0 saturated carbocycles. The lowest BCUT2D eigenvalue weighted by atomic mass is 9.94. The lowest BCUT2D eigenvalue weighted by molar-refractivity contribution is 0.479. The molecular weight excluding hydrogens is 206 g/mol. The first kappa shape index (κ1) is 14.1. The van der Waals surface area contributed by atoms with Crippen LogP contribution in [-0.4, -0.2) is 0 Å². The summed E-state index contributed by atoms with van der Waals surface area (Å²) in [7, 11) is 0. The van der Waals surface area contributed by atoms with E-state index in [1.54, 1.807) is 0 Å². The van der Waals surface area contributed by atoms with Gasteiger partial charge >= 0.3 is 0 Å². The summed E-state index contributed by atoms with van der Waals surface area (Å²) >= 11 is 0. The number of hydrogen-bond donors (Lipinski definition) is 1. The molecule has 0 aliphatic carbocycles. The van der Waals surface area contributed by atoms with Crippen LogP contribution < -0.4 is 5.32 Å². The highest BCUT2D eigenvalue weighted by molar-refractivity contribution is 5.22. The third kappa shape index (κ3) is 5.76. The summed E-state index contributed by atoms with van der Waals surface area (Å²) in [5, 5.41) is 3.40. The topological polar surface area (TPSA) is 12.0 Å². The second-order valence-corrected chi connectivity index (χ2v) is 4.82. The molecule has 96 valence electrons. The third-order valence-corrected chi connectivity index (χ3v) is 3.43. The fraction of sp³-hybridized carbons (Fsp3) is 0.625. The molecule has 1 aliphatic rings. The van der Waals surface area contributed by atoms with Gasteiger partial charge in [0.05, 0.1) is 0 Å². The van der Waals surface area contributed by atoms with Crippen molar-refractivity contribution >= 4 is 0 Å². The zero-order valence-corrected chi connectivity index (χ0v) is 11.4. The van der Waals surface area contributed by atoms with Crippen molar-refractivity contribution in [3.8, 4) is 0 Å². The molecule has 0 aromatic heterocycles. The van der Waals surface area contributed by atoms with E-state index < -0.39 is 0 Å². The zero-order chi connectivity index (χ0) is 12.3. The maximum absolute atomic E-state index is 3.40. The van der Waals surface area contributed by atoms with E-state index in [0.29, 0.717) is 5.92 Å². The van der Waals surface area contributed by atoms with Crippen molar-refractivity contribution in [3.05, 3.63) is 36.2 Å². The van der Waals surface area contributed by atoms with Gasteiger partial charge in [0, 0.05) is 11.9 Å². The van der Waals surface area contributed by atoms with Gasteiger partial charge in [0.15, 0.2) is 0 Å². The summed E-state index contributed by atoms with van der Waals surface area (Å²) in [6.07, 6.45) is 20.0. The fourth-order valence-corrected chi connectivity index (χ4v) is 2.30. The molecule has 0 aromatic carbocycles. The maximum Gasteiger partial charge on any atom is 0.0177 e. The van der Waals surface area contributed by atoms with E-state index in [1.165, 1.54) is 50.6 Å². The van der Waals surface area contributed by atoms with E-state index >= 15 is 0 Å². The Bertz CT molecular complexity index is 273. The van der Waals surface area contributed by atoms with Crippen LogP contribution in [0.25, 0.3) is 0 Å². The first-order chi connectivity index (χ1) is 8.38. The monoisotopic (exact) mass is 233 g/mol. The summed E-state index contributed by atoms with van der Waals surface area (Å²) in [6.45, 7) is 4.56. The van der Waals surface area contributed by atoms with Gasteiger partial charge < -0.3 is 5.32 Å². The Balaban J connectivity index is 2.30. The second kappa shape index (κ2) is 9.09. The van der Waals surface area contributed by atoms with Gasteiger partial charge in [-0.2, -0.15) is 0 Å². The molecular formula is C16H27N. The summed E-state index contributed by atoms with van der Waals surface area (Å²) in [6, 6.07) is 0. The lowest BCUT2D eigenvalue weighted by Crippen LogP contribution is -2.14. The SMILES string of the molecule is CCCCCCCC(CC)C1=CC=CC=CN1. The molecule has 0 bridgehead atoms. The Morgan fingerprint density at radius 3 is 2.59 bits per heavy atom. The minimum Gasteiger partial charge on any atom is -0.365 e. The number of allylic oxidation sites excluding steroid dienone is 5. The molecule has 0 fully saturated rings. The zero-order valence-electron chi connectivity index (χ0n) is 11.4. The largest absolute Gasteiger partial charge is 0.365 e. The molecule has 0 aromatic rings. The Morgan fingerprint density at radius 1 is 1.00 bits per heavy atom. The van der Waals surface area contributed by atoms with Crippen LogP contribution in [0.2, 0.25) is 0 Å². The third-order valence-electron chi connectivity index (χ3n) is 3.43. The van der Waals surface area contributed by atoms with Crippen LogP contribution >= 0.6 is 0 Å². The van der Waals surface area contributed by atoms with Crippen LogP contribution in [0, 0.1) is 5.92 Å². The molecule has 1 aliphatic heterocycles. The molecule has 0 amide bonds. The summed E-state index contributed by atoms with van der Waals surface area (Å²) in [5.41, 5.74) is 1.38. The Kier molecular flexibility index (Phi) is 7.53. The number of unbranched alkanes of at least 4 members (excludes halogenated alkanes) is 4. The van der Waals surface area contributed by atoms with Crippen molar-refractivity contribution in [2.45, 2.75) is 58.8 Å². The summed E-state index contributed by atoms with van der Waals surface area (Å²) < 4.78 is 0. The van der Waals surface area contributed by atoms with Gasteiger partial charge in [0.25, 0.3) is 0 Å². The first-order valence-electron chi connectivity index (χ1n) is 7.18. The highest BCUT2D eigenvalue weighted by Gasteiger charge is 2.10. The van der Waals surface area contributed by atoms with Crippen LogP contribution in [0.4, 0.5) is 0 Å². The highest BCUT2D eigenvalue weighted by atomic mass is 14.9. The Hall–Kier alpha value is -0.980. The maximum atomic E-state index is 3.40. The smallest absolute Gasteiger partial charge is 0.0177 e. The first-order valence-corrected chi connectivity index (χ1v) is 7.18. The van der Waals surface area contributed by atoms with Crippen molar-refractivity contribution in [1.82, 2.24) is 5.32 Å². The van der Waals surface area contributed by atoms with Gasteiger partial charge in [-0.25, -0.2) is 0 Å². The van der Waals surface area contributed by atoms with Gasteiger partial charge in [-0.15, -0.1) is 0 Å². The van der Waals surface area contributed by atoms with Crippen LogP contribution in [0.3, 0.4) is 0 Å². The van der Waals surface area contributed by atoms with E-state index in [9.17, 15) is 0 Å². The van der Waals surface area contributed by atoms with E-state index in [4.69, 9.17) is 0 Å². The fourth-order valence-electron chi connectivity index (χ4n) is 2.30. The molecule has 1 heteroatoms. The molecule has 1 heterocycles. The van der Waals surface area contributed by atoms with Crippen LogP contribution in [0.5, 0.6) is 0 Å². The van der Waals surface area contributed by atoms with Crippen molar-refractivity contribution in [2.75, 3.05) is 0 Å². The Labute approximate surface area is 107 Å². The highest BCUT2D eigenvalue weighted by Crippen LogP contribution is 2.21. The van der Waals surface area contributed by atoms with Crippen molar-refractivity contribution in [1.29, 1.82) is 0 Å².